The molecule has 1 aromatic carbocycles. The molecular formula is C18H16N2O3. The number of amides is 2. The summed E-state index contributed by atoms with van der Waals surface area (Å²) in [6.45, 7) is 2.68. The van der Waals surface area contributed by atoms with E-state index in [1.807, 2.05) is 17.0 Å². The maximum Gasteiger partial charge on any atom is 0.235 e. The molecule has 0 aliphatic carbocycles. The number of imide groups is 1. The summed E-state index contributed by atoms with van der Waals surface area (Å²) in [5.74, 6) is -1.42. The van der Waals surface area contributed by atoms with Gasteiger partial charge in [-0.05, 0) is 36.8 Å². The van der Waals surface area contributed by atoms with Crippen molar-refractivity contribution < 1.29 is 14.4 Å². The lowest BCUT2D eigenvalue weighted by atomic mass is 9.90. The molecular weight excluding hydrogens is 292 g/mol. The molecule has 3 heterocycles. The van der Waals surface area contributed by atoms with Crippen LogP contribution < -0.4 is 0 Å². The molecule has 2 amide bonds. The molecule has 0 N–H and O–H groups in total. The summed E-state index contributed by atoms with van der Waals surface area (Å²) in [6.07, 6.45) is 3.32. The van der Waals surface area contributed by atoms with Crippen LogP contribution in [0.25, 0.3) is 0 Å². The highest BCUT2D eigenvalue weighted by molar-refractivity contribution is 6.11. The Bertz CT molecular complexity index is 712. The number of hydrogen-bond donors (Lipinski definition) is 0. The van der Waals surface area contributed by atoms with Gasteiger partial charge in [0.05, 0.1) is 17.9 Å². The molecule has 0 radical (unpaired) electrons. The second-order valence-corrected chi connectivity index (χ2v) is 6.18. The highest BCUT2D eigenvalue weighted by Gasteiger charge is 2.63. The zero-order valence-electron chi connectivity index (χ0n) is 12.7. The fourth-order valence-corrected chi connectivity index (χ4v) is 4.13. The molecule has 0 aromatic heterocycles. The number of fused-ring (bicyclic) bond motifs is 5. The second-order valence-electron chi connectivity index (χ2n) is 6.18. The van der Waals surface area contributed by atoms with E-state index >= 15 is 0 Å². The first-order valence-corrected chi connectivity index (χ1v) is 7.83. The lowest BCUT2D eigenvalue weighted by Crippen LogP contribution is -2.48. The van der Waals surface area contributed by atoms with Crippen LogP contribution in [0.15, 0.2) is 30.4 Å². The Balaban J connectivity index is 1.72. The predicted octanol–water partition coefficient (Wildman–Crippen LogP) is 0.600. The van der Waals surface area contributed by atoms with Crippen molar-refractivity contribution in [2.45, 2.75) is 25.6 Å². The zero-order valence-corrected chi connectivity index (χ0v) is 12.7. The topological polar surface area (TPSA) is 57.7 Å². The Kier molecular flexibility index (Phi) is 3.10. The summed E-state index contributed by atoms with van der Waals surface area (Å²) in [7, 11) is 0. The van der Waals surface area contributed by atoms with E-state index in [-0.39, 0.29) is 23.6 Å². The van der Waals surface area contributed by atoms with Crippen LogP contribution in [-0.4, -0.2) is 46.0 Å². The summed E-state index contributed by atoms with van der Waals surface area (Å²) in [4.78, 5) is 40.9. The van der Waals surface area contributed by atoms with Gasteiger partial charge in [0.2, 0.25) is 11.8 Å². The molecule has 1 aromatic rings. The Morgan fingerprint density at radius 2 is 1.91 bits per heavy atom. The minimum absolute atomic E-state index is 0.0840. The molecule has 0 saturated carbocycles. The van der Waals surface area contributed by atoms with Crippen LogP contribution in [0.3, 0.4) is 0 Å². The Hall–Kier alpha value is -2.45. The van der Waals surface area contributed by atoms with Gasteiger partial charge in [0.25, 0.3) is 0 Å². The summed E-state index contributed by atoms with van der Waals surface area (Å²) >= 11 is 0. The first-order valence-electron chi connectivity index (χ1n) is 7.83. The second kappa shape index (κ2) is 5.04. The fraction of sp³-hybridized carbons (Fsp3) is 0.389. The normalized spacial score (nSPS) is 32.4. The molecule has 4 atom stereocenters. The van der Waals surface area contributed by atoms with E-state index in [4.69, 9.17) is 0 Å². The average molecular weight is 308 g/mol. The van der Waals surface area contributed by atoms with Gasteiger partial charge in [0.1, 0.15) is 0 Å². The predicted molar refractivity (Wildman–Crippen MR) is 80.8 cm³/mol. The van der Waals surface area contributed by atoms with Gasteiger partial charge in [-0.15, -0.1) is 0 Å². The van der Waals surface area contributed by atoms with Gasteiger partial charge in [-0.2, -0.15) is 0 Å². The Labute approximate surface area is 134 Å². The molecule has 23 heavy (non-hydrogen) atoms. The standard InChI is InChI=1S/C18H16N2O3/c1-2-19-17(22)14-12-8-9-13(21)16(15(14)18(19)23)20(12)10-11-6-4-3-5-7-11/h4,6-9,12,14-16H,2,10H2,1H3/t12-,14+,15+,16+/m0/s1. The van der Waals surface area contributed by atoms with Crippen molar-refractivity contribution in [2.75, 3.05) is 6.54 Å². The molecule has 4 rings (SSSR count). The van der Waals surface area contributed by atoms with Crippen molar-refractivity contribution >= 4 is 17.6 Å². The van der Waals surface area contributed by atoms with Gasteiger partial charge in [-0.1, -0.05) is 18.2 Å². The van der Waals surface area contributed by atoms with Crippen molar-refractivity contribution in [3.63, 3.8) is 0 Å². The number of carbonyl (C=O) groups is 3. The van der Waals surface area contributed by atoms with E-state index in [9.17, 15) is 14.4 Å². The van der Waals surface area contributed by atoms with Gasteiger partial charge in [-0.3, -0.25) is 24.2 Å². The van der Waals surface area contributed by atoms with Crippen molar-refractivity contribution in [1.29, 1.82) is 0 Å². The molecule has 0 unspecified atom stereocenters. The molecule has 5 nitrogen and oxygen atoms in total. The van der Waals surface area contributed by atoms with Crippen molar-refractivity contribution in [3.8, 4) is 0 Å². The summed E-state index contributed by atoms with van der Waals surface area (Å²) in [6, 6.07) is 10.5. The Morgan fingerprint density at radius 3 is 2.61 bits per heavy atom. The van der Waals surface area contributed by atoms with Crippen LogP contribution in [0.5, 0.6) is 0 Å². The van der Waals surface area contributed by atoms with Crippen molar-refractivity contribution in [1.82, 2.24) is 9.80 Å². The van der Waals surface area contributed by atoms with Crippen LogP contribution in [0.4, 0.5) is 0 Å². The lowest BCUT2D eigenvalue weighted by Gasteiger charge is -2.33. The number of carbonyl (C=O) groups excluding carboxylic acids is 3. The first-order chi connectivity index (χ1) is 11.1. The maximum atomic E-state index is 12.6. The van der Waals surface area contributed by atoms with Crippen LogP contribution in [0.2, 0.25) is 0 Å². The third-order valence-corrected chi connectivity index (χ3v) is 5.09. The van der Waals surface area contributed by atoms with E-state index in [2.05, 4.69) is 12.1 Å². The van der Waals surface area contributed by atoms with Crippen LogP contribution in [0.1, 0.15) is 12.5 Å². The van der Waals surface area contributed by atoms with Gasteiger partial charge in [0, 0.05) is 19.1 Å². The molecule has 2 fully saturated rings. The van der Waals surface area contributed by atoms with Gasteiger partial charge >= 0.3 is 0 Å². The number of hydrogen-bond acceptors (Lipinski definition) is 4. The minimum atomic E-state index is -0.547. The van der Waals surface area contributed by atoms with Crippen LogP contribution in [0, 0.1) is 24.0 Å². The number of rotatable bonds is 3. The summed E-state index contributed by atoms with van der Waals surface area (Å²) in [5.41, 5.74) is 0.995. The zero-order chi connectivity index (χ0) is 16.1. The molecule has 3 aliphatic rings. The van der Waals surface area contributed by atoms with E-state index < -0.39 is 17.9 Å². The van der Waals surface area contributed by atoms with Gasteiger partial charge < -0.3 is 0 Å². The third-order valence-electron chi connectivity index (χ3n) is 5.09. The smallest absolute Gasteiger partial charge is 0.235 e. The van der Waals surface area contributed by atoms with E-state index in [0.717, 1.165) is 5.56 Å². The summed E-state index contributed by atoms with van der Waals surface area (Å²) in [5, 5.41) is 0. The number of ketones is 1. The van der Waals surface area contributed by atoms with E-state index in [1.165, 1.54) is 11.0 Å². The van der Waals surface area contributed by atoms with Crippen LogP contribution >= 0.6 is 0 Å². The van der Waals surface area contributed by atoms with E-state index in [1.54, 1.807) is 19.1 Å². The number of nitrogens with zero attached hydrogens (tertiary/aromatic N) is 2. The molecule has 0 spiro atoms. The Morgan fingerprint density at radius 1 is 1.13 bits per heavy atom. The fourth-order valence-electron chi connectivity index (χ4n) is 4.13. The lowest BCUT2D eigenvalue weighted by molar-refractivity contribution is -0.142. The van der Waals surface area contributed by atoms with Gasteiger partial charge in [0.15, 0.2) is 5.78 Å². The first kappa shape index (κ1) is 14.2. The summed E-state index contributed by atoms with van der Waals surface area (Å²) < 4.78 is 0. The SMILES string of the molecule is CCN1C(=O)[C@@H]2[C@H](C1=O)[C@@H]1C=CC(=O)[C@H]2N1Cc1cc#ccc1. The average Bonchev–Trinajstić information content (AvgIpc) is 2.93. The molecule has 3 aliphatic heterocycles. The third kappa shape index (κ3) is 1.88. The monoisotopic (exact) mass is 308 g/mol. The van der Waals surface area contributed by atoms with Gasteiger partial charge in [-0.25, -0.2) is 0 Å². The van der Waals surface area contributed by atoms with Crippen molar-refractivity contribution in [3.05, 3.63) is 48.0 Å². The van der Waals surface area contributed by atoms with E-state index in [0.29, 0.717) is 13.1 Å². The van der Waals surface area contributed by atoms with Crippen molar-refractivity contribution in [2.24, 2.45) is 11.8 Å². The molecule has 5 heteroatoms. The highest BCUT2D eigenvalue weighted by atomic mass is 16.2. The number of likely N-dealkylation sites (tertiary alicyclic amines) is 1. The highest BCUT2D eigenvalue weighted by Crippen LogP contribution is 2.45. The van der Waals surface area contributed by atoms with Crippen LogP contribution in [-0.2, 0) is 20.9 Å². The quantitative estimate of drug-likeness (QED) is 0.767. The molecule has 2 bridgehead atoms. The largest absolute Gasteiger partial charge is 0.293 e. The minimum Gasteiger partial charge on any atom is -0.293 e. The maximum absolute atomic E-state index is 12.6. The molecule has 2 saturated heterocycles. The molecule has 116 valence electrons.